The van der Waals surface area contributed by atoms with Gasteiger partial charge >= 0.3 is 0 Å². The summed E-state index contributed by atoms with van der Waals surface area (Å²) in [7, 11) is 0. The van der Waals surface area contributed by atoms with Crippen molar-refractivity contribution < 1.29 is 29.3 Å². The summed E-state index contributed by atoms with van der Waals surface area (Å²) in [6, 6.07) is 7.28. The van der Waals surface area contributed by atoms with E-state index in [2.05, 4.69) is 10.2 Å². The summed E-state index contributed by atoms with van der Waals surface area (Å²) in [6.45, 7) is 4.00. The summed E-state index contributed by atoms with van der Waals surface area (Å²) < 4.78 is 11.5. The highest BCUT2D eigenvalue weighted by atomic mass is 16.5. The molecule has 34 heavy (non-hydrogen) atoms. The van der Waals surface area contributed by atoms with Gasteiger partial charge in [-0.1, -0.05) is 12.1 Å². The van der Waals surface area contributed by atoms with E-state index in [9.17, 15) is 19.8 Å². The summed E-state index contributed by atoms with van der Waals surface area (Å²) in [6.07, 6.45) is 2.25. The molecule has 0 aliphatic carbocycles. The second-order valence-electron chi connectivity index (χ2n) is 9.51. The van der Waals surface area contributed by atoms with Crippen LogP contribution in [0.5, 0.6) is 5.75 Å². The number of hydrogen-bond acceptors (Lipinski definition) is 7. The Kier molecular flexibility index (Phi) is 8.64. The van der Waals surface area contributed by atoms with Crippen molar-refractivity contribution in [3.8, 4) is 5.75 Å². The van der Waals surface area contributed by atoms with Crippen LogP contribution in [-0.4, -0.2) is 91.2 Å². The van der Waals surface area contributed by atoms with Gasteiger partial charge in [-0.2, -0.15) is 0 Å². The number of hydrogen-bond donors (Lipinski definition) is 3. The predicted molar refractivity (Wildman–Crippen MR) is 127 cm³/mol. The Morgan fingerprint density at radius 2 is 1.85 bits per heavy atom. The molecule has 3 aliphatic rings. The van der Waals surface area contributed by atoms with Crippen molar-refractivity contribution in [2.45, 2.75) is 56.8 Å². The lowest BCUT2D eigenvalue weighted by molar-refractivity contribution is -0.159. The topological polar surface area (TPSA) is 112 Å². The SMILES string of the molecule is O=C(NCC1CCN(c2ccccc2O)CC1)[C@H](O)[C@H]1OCCCCOC[C@H]2CCCN2C1=O. The minimum Gasteiger partial charge on any atom is -0.506 e. The van der Waals surface area contributed by atoms with Crippen molar-refractivity contribution in [1.29, 1.82) is 0 Å². The summed E-state index contributed by atoms with van der Waals surface area (Å²) in [5.41, 5.74) is 0.827. The molecule has 3 heterocycles. The average Bonchev–Trinajstić information content (AvgIpc) is 3.31. The highest BCUT2D eigenvalue weighted by molar-refractivity contribution is 5.91. The van der Waals surface area contributed by atoms with Crippen LogP contribution in [0.15, 0.2) is 24.3 Å². The number of carbonyl (C=O) groups is 2. The van der Waals surface area contributed by atoms with Gasteiger partial charge in [-0.3, -0.25) is 9.59 Å². The third kappa shape index (κ3) is 6.00. The molecule has 0 radical (unpaired) electrons. The fourth-order valence-electron chi connectivity index (χ4n) is 5.09. The molecule has 9 heteroatoms. The van der Waals surface area contributed by atoms with E-state index in [1.165, 1.54) is 0 Å². The molecule has 3 atom stereocenters. The van der Waals surface area contributed by atoms with Crippen LogP contribution in [-0.2, 0) is 19.1 Å². The van der Waals surface area contributed by atoms with Gasteiger partial charge in [-0.15, -0.1) is 0 Å². The molecule has 9 nitrogen and oxygen atoms in total. The van der Waals surface area contributed by atoms with Gasteiger partial charge in [-0.05, 0) is 56.6 Å². The zero-order valence-electron chi connectivity index (χ0n) is 19.7. The number of rotatable bonds is 5. The molecule has 2 amide bonds. The second kappa shape index (κ2) is 11.9. The quantitative estimate of drug-likeness (QED) is 0.588. The zero-order valence-corrected chi connectivity index (χ0v) is 19.7. The van der Waals surface area contributed by atoms with Crippen LogP contribution in [0.25, 0.3) is 0 Å². The Morgan fingerprint density at radius 1 is 1.09 bits per heavy atom. The molecule has 0 spiro atoms. The standard InChI is InChI=1S/C25H37N3O6/c29-21-8-2-1-7-20(21)27-12-9-18(10-13-27)16-26-24(31)22(30)23-25(32)28-11-5-6-19(28)17-33-14-3-4-15-34-23/h1-2,7-8,18-19,22-23,29-30H,3-6,9-17H2,(H,26,31)/t19-,22-,23-/m1/s1. The Balaban J connectivity index is 1.29. The first-order chi connectivity index (χ1) is 16.5. The first-order valence-electron chi connectivity index (χ1n) is 12.5. The number of fused-ring (bicyclic) bond motifs is 1. The number of aliphatic hydroxyl groups excluding tert-OH is 1. The minimum absolute atomic E-state index is 0.0267. The number of benzene rings is 1. The molecule has 1 aromatic carbocycles. The molecule has 3 N–H and O–H groups in total. The number of carbonyl (C=O) groups excluding carboxylic acids is 2. The monoisotopic (exact) mass is 475 g/mol. The lowest BCUT2D eigenvalue weighted by Crippen LogP contribution is -2.54. The zero-order chi connectivity index (χ0) is 23.9. The fraction of sp³-hybridized carbons (Fsp3) is 0.680. The van der Waals surface area contributed by atoms with Gasteiger partial charge in [0.25, 0.3) is 11.8 Å². The molecule has 3 fully saturated rings. The maximum absolute atomic E-state index is 13.2. The lowest BCUT2D eigenvalue weighted by atomic mass is 9.96. The number of para-hydroxylation sites is 2. The van der Waals surface area contributed by atoms with Crippen molar-refractivity contribution in [2.24, 2.45) is 5.92 Å². The molecule has 188 valence electrons. The van der Waals surface area contributed by atoms with E-state index in [-0.39, 0.29) is 23.6 Å². The number of ether oxygens (including phenoxy) is 2. The van der Waals surface area contributed by atoms with Crippen LogP contribution < -0.4 is 10.2 Å². The van der Waals surface area contributed by atoms with Crippen molar-refractivity contribution >= 4 is 17.5 Å². The second-order valence-corrected chi connectivity index (χ2v) is 9.51. The number of anilines is 1. The number of phenols is 1. The minimum atomic E-state index is -1.54. The molecular formula is C25H37N3O6. The molecular weight excluding hydrogens is 438 g/mol. The number of nitrogens with zero attached hydrogens (tertiary/aromatic N) is 2. The summed E-state index contributed by atoms with van der Waals surface area (Å²) in [5.74, 6) is -0.354. The van der Waals surface area contributed by atoms with Crippen LogP contribution in [0.1, 0.15) is 38.5 Å². The third-order valence-corrected chi connectivity index (χ3v) is 7.15. The van der Waals surface area contributed by atoms with E-state index in [0.29, 0.717) is 39.3 Å². The predicted octanol–water partition coefficient (Wildman–Crippen LogP) is 1.27. The number of aromatic hydroxyl groups is 1. The molecule has 0 unspecified atom stereocenters. The van der Waals surface area contributed by atoms with Gasteiger partial charge < -0.3 is 34.8 Å². The first kappa shape index (κ1) is 24.8. The van der Waals surface area contributed by atoms with E-state index >= 15 is 0 Å². The molecule has 0 aromatic heterocycles. The van der Waals surface area contributed by atoms with Crippen molar-refractivity contribution in [2.75, 3.05) is 50.9 Å². The largest absolute Gasteiger partial charge is 0.506 e. The first-order valence-corrected chi connectivity index (χ1v) is 12.5. The smallest absolute Gasteiger partial charge is 0.255 e. The highest BCUT2D eigenvalue weighted by Crippen LogP contribution is 2.30. The highest BCUT2D eigenvalue weighted by Gasteiger charge is 2.40. The van der Waals surface area contributed by atoms with Gasteiger partial charge in [-0.25, -0.2) is 0 Å². The van der Waals surface area contributed by atoms with Crippen LogP contribution in [0.3, 0.4) is 0 Å². The van der Waals surface area contributed by atoms with Crippen LogP contribution in [0, 0.1) is 5.92 Å². The fourth-order valence-corrected chi connectivity index (χ4v) is 5.09. The Bertz CT molecular complexity index is 829. The number of nitrogens with one attached hydrogen (secondary N) is 1. The Hall–Kier alpha value is -2.36. The van der Waals surface area contributed by atoms with E-state index < -0.39 is 18.1 Å². The molecule has 3 saturated heterocycles. The van der Waals surface area contributed by atoms with E-state index in [4.69, 9.17) is 9.47 Å². The summed E-state index contributed by atoms with van der Waals surface area (Å²) in [4.78, 5) is 29.8. The van der Waals surface area contributed by atoms with Gasteiger partial charge in [0.15, 0.2) is 12.2 Å². The van der Waals surface area contributed by atoms with Gasteiger partial charge in [0, 0.05) is 39.4 Å². The van der Waals surface area contributed by atoms with E-state index in [0.717, 1.165) is 50.9 Å². The number of phenolic OH excluding ortho intramolecular Hbond substituents is 1. The normalized spacial score (nSPS) is 26.0. The number of piperidine rings is 1. The van der Waals surface area contributed by atoms with Crippen LogP contribution >= 0.6 is 0 Å². The van der Waals surface area contributed by atoms with Crippen molar-refractivity contribution in [3.05, 3.63) is 24.3 Å². The molecule has 3 aliphatic heterocycles. The maximum atomic E-state index is 13.2. The van der Waals surface area contributed by atoms with Gasteiger partial charge in [0.1, 0.15) is 5.75 Å². The van der Waals surface area contributed by atoms with Crippen molar-refractivity contribution in [3.63, 3.8) is 0 Å². The van der Waals surface area contributed by atoms with Crippen LogP contribution in [0.2, 0.25) is 0 Å². The molecule has 0 bridgehead atoms. The van der Waals surface area contributed by atoms with E-state index in [1.54, 1.807) is 17.0 Å². The maximum Gasteiger partial charge on any atom is 0.255 e. The van der Waals surface area contributed by atoms with Gasteiger partial charge in [0.2, 0.25) is 0 Å². The summed E-state index contributed by atoms with van der Waals surface area (Å²) in [5, 5.41) is 23.7. The molecule has 4 rings (SSSR count). The van der Waals surface area contributed by atoms with Crippen LogP contribution in [0.4, 0.5) is 5.69 Å². The molecule has 1 aromatic rings. The lowest BCUT2D eigenvalue weighted by Gasteiger charge is -2.34. The summed E-state index contributed by atoms with van der Waals surface area (Å²) >= 11 is 0. The Labute approximate surface area is 201 Å². The number of aliphatic hydroxyl groups is 1. The van der Waals surface area contributed by atoms with Crippen molar-refractivity contribution in [1.82, 2.24) is 10.2 Å². The van der Waals surface area contributed by atoms with E-state index in [1.807, 2.05) is 12.1 Å². The third-order valence-electron chi connectivity index (χ3n) is 7.15. The Morgan fingerprint density at radius 3 is 2.65 bits per heavy atom. The average molecular weight is 476 g/mol. The number of amides is 2. The van der Waals surface area contributed by atoms with Gasteiger partial charge in [0.05, 0.1) is 18.3 Å². The molecule has 0 saturated carbocycles.